The second-order valence-corrected chi connectivity index (χ2v) is 7.32. The third-order valence-electron chi connectivity index (χ3n) is 5.70. The first-order chi connectivity index (χ1) is 11.6. The number of carbonyl (C=O) groups is 1. The van der Waals surface area contributed by atoms with Crippen molar-refractivity contribution in [2.75, 3.05) is 20.1 Å². The smallest absolute Gasteiger partial charge is 0.228 e. The molecule has 2 aliphatic rings. The Morgan fingerprint density at radius 3 is 2.79 bits per heavy atom. The summed E-state index contributed by atoms with van der Waals surface area (Å²) in [6.07, 6.45) is 9.15. The first-order valence-corrected chi connectivity index (χ1v) is 9.06. The van der Waals surface area contributed by atoms with Crippen LogP contribution in [0, 0.1) is 6.92 Å². The van der Waals surface area contributed by atoms with Gasteiger partial charge in [0.05, 0.1) is 12.1 Å². The second kappa shape index (κ2) is 6.20. The van der Waals surface area contributed by atoms with Crippen LogP contribution in [-0.4, -0.2) is 57.3 Å². The Labute approximate surface area is 143 Å². The first kappa shape index (κ1) is 15.6. The lowest BCUT2D eigenvalue weighted by atomic mass is 10.0. The molecule has 0 N–H and O–H groups in total. The Kier molecular flexibility index (Phi) is 4.04. The average molecular weight is 326 g/mol. The summed E-state index contributed by atoms with van der Waals surface area (Å²) in [5.41, 5.74) is 2.97. The number of aromatic nitrogens is 2. The molecular formula is C19H26N4O. The fraction of sp³-hybridized carbons (Fsp3) is 0.579. The standard InChI is InChI=1S/C19H26N4O/c1-14-6-3-10-22-13-15(20-19(14)22)12-18(24)23-11-5-8-17(23)16-7-4-9-21(16)2/h3,6,10,13,16-17H,4-5,7-9,11-12H2,1-2H3/t16-,17+/m0/s1. The molecule has 0 bridgehead atoms. The van der Waals surface area contributed by atoms with E-state index in [1.165, 1.54) is 12.8 Å². The van der Waals surface area contributed by atoms with Gasteiger partial charge in [0, 0.05) is 31.0 Å². The van der Waals surface area contributed by atoms with Crippen LogP contribution in [0.5, 0.6) is 0 Å². The van der Waals surface area contributed by atoms with Crippen LogP contribution < -0.4 is 0 Å². The molecule has 2 fully saturated rings. The Morgan fingerprint density at radius 2 is 2.04 bits per heavy atom. The fourth-order valence-electron chi connectivity index (χ4n) is 4.47. The van der Waals surface area contributed by atoms with E-state index < -0.39 is 0 Å². The lowest BCUT2D eigenvalue weighted by molar-refractivity contribution is -0.132. The van der Waals surface area contributed by atoms with Gasteiger partial charge in [-0.05, 0) is 57.8 Å². The normalized spacial score (nSPS) is 25.0. The number of pyridine rings is 1. The maximum atomic E-state index is 12.9. The molecule has 0 aromatic carbocycles. The van der Waals surface area contributed by atoms with E-state index in [4.69, 9.17) is 0 Å². The van der Waals surface area contributed by atoms with E-state index in [1.807, 2.05) is 22.9 Å². The van der Waals surface area contributed by atoms with Gasteiger partial charge < -0.3 is 14.2 Å². The van der Waals surface area contributed by atoms with Gasteiger partial charge in [-0.25, -0.2) is 4.98 Å². The summed E-state index contributed by atoms with van der Waals surface area (Å²) in [5, 5.41) is 0. The summed E-state index contributed by atoms with van der Waals surface area (Å²) in [6.45, 7) is 4.12. The van der Waals surface area contributed by atoms with Crippen molar-refractivity contribution in [1.29, 1.82) is 0 Å². The van der Waals surface area contributed by atoms with Crippen LogP contribution in [0.1, 0.15) is 36.9 Å². The van der Waals surface area contributed by atoms with Crippen molar-refractivity contribution in [2.45, 2.75) is 51.1 Å². The number of imidazole rings is 1. The minimum Gasteiger partial charge on any atom is -0.338 e. The molecule has 2 aliphatic heterocycles. The van der Waals surface area contributed by atoms with Crippen molar-refractivity contribution in [3.05, 3.63) is 35.8 Å². The number of likely N-dealkylation sites (tertiary alicyclic amines) is 2. The predicted octanol–water partition coefficient (Wildman–Crippen LogP) is 2.27. The van der Waals surface area contributed by atoms with Crippen LogP contribution in [0.15, 0.2) is 24.5 Å². The van der Waals surface area contributed by atoms with Crippen molar-refractivity contribution in [1.82, 2.24) is 19.2 Å². The highest BCUT2D eigenvalue weighted by molar-refractivity contribution is 5.79. The van der Waals surface area contributed by atoms with Gasteiger partial charge in [-0.3, -0.25) is 4.79 Å². The third kappa shape index (κ3) is 2.71. The van der Waals surface area contributed by atoms with Gasteiger partial charge in [-0.1, -0.05) is 6.07 Å². The van der Waals surface area contributed by atoms with Gasteiger partial charge in [0.15, 0.2) is 0 Å². The lowest BCUT2D eigenvalue weighted by Gasteiger charge is -2.33. The van der Waals surface area contributed by atoms with Crippen molar-refractivity contribution in [3.63, 3.8) is 0 Å². The molecule has 4 rings (SSSR count). The van der Waals surface area contributed by atoms with Crippen LogP contribution in [0.4, 0.5) is 0 Å². The number of fused-ring (bicyclic) bond motifs is 1. The Balaban J connectivity index is 1.51. The summed E-state index contributed by atoms with van der Waals surface area (Å²) < 4.78 is 2.02. The van der Waals surface area contributed by atoms with Gasteiger partial charge in [0.2, 0.25) is 5.91 Å². The second-order valence-electron chi connectivity index (χ2n) is 7.32. The third-order valence-corrected chi connectivity index (χ3v) is 5.70. The number of aryl methyl sites for hydroxylation is 1. The molecule has 2 aromatic rings. The number of carbonyl (C=O) groups excluding carboxylic acids is 1. The van der Waals surface area contributed by atoms with E-state index in [-0.39, 0.29) is 5.91 Å². The maximum Gasteiger partial charge on any atom is 0.228 e. The fourth-order valence-corrected chi connectivity index (χ4v) is 4.47. The van der Waals surface area contributed by atoms with Crippen LogP contribution in [0.2, 0.25) is 0 Å². The number of likely N-dealkylation sites (N-methyl/N-ethyl adjacent to an activating group) is 1. The zero-order valence-electron chi connectivity index (χ0n) is 14.6. The summed E-state index contributed by atoms with van der Waals surface area (Å²) in [4.78, 5) is 22.1. The molecule has 0 saturated carbocycles. The van der Waals surface area contributed by atoms with E-state index in [0.29, 0.717) is 18.5 Å². The monoisotopic (exact) mass is 326 g/mol. The van der Waals surface area contributed by atoms with Gasteiger partial charge in [0.25, 0.3) is 0 Å². The molecular weight excluding hydrogens is 300 g/mol. The van der Waals surface area contributed by atoms with E-state index in [9.17, 15) is 4.79 Å². The maximum absolute atomic E-state index is 12.9. The molecule has 2 aromatic heterocycles. The summed E-state index contributed by atoms with van der Waals surface area (Å²) >= 11 is 0. The lowest BCUT2D eigenvalue weighted by Crippen LogP contribution is -2.47. The van der Waals surface area contributed by atoms with Crippen LogP contribution in [0.25, 0.3) is 5.65 Å². The molecule has 0 aliphatic carbocycles. The highest BCUT2D eigenvalue weighted by Crippen LogP contribution is 2.29. The molecule has 4 heterocycles. The largest absolute Gasteiger partial charge is 0.338 e. The van der Waals surface area contributed by atoms with Gasteiger partial charge in [-0.2, -0.15) is 0 Å². The highest BCUT2D eigenvalue weighted by Gasteiger charge is 2.38. The molecule has 5 nitrogen and oxygen atoms in total. The van der Waals surface area contributed by atoms with Crippen molar-refractivity contribution in [3.8, 4) is 0 Å². The van der Waals surface area contributed by atoms with E-state index in [2.05, 4.69) is 34.8 Å². The van der Waals surface area contributed by atoms with Crippen LogP contribution in [0.3, 0.4) is 0 Å². The summed E-state index contributed by atoms with van der Waals surface area (Å²) in [6, 6.07) is 5.01. The Morgan fingerprint density at radius 1 is 1.25 bits per heavy atom. The molecule has 24 heavy (non-hydrogen) atoms. The Bertz CT molecular complexity index is 753. The Hall–Kier alpha value is -1.88. The van der Waals surface area contributed by atoms with Crippen molar-refractivity contribution in [2.24, 2.45) is 0 Å². The predicted molar refractivity (Wildman–Crippen MR) is 94.0 cm³/mol. The van der Waals surface area contributed by atoms with E-state index in [1.54, 1.807) is 0 Å². The SMILES string of the molecule is Cc1cccn2cc(CC(=O)N3CCC[C@@H]3[C@@H]3CCCN3C)nc12. The van der Waals surface area contributed by atoms with Crippen LogP contribution >= 0.6 is 0 Å². The topological polar surface area (TPSA) is 40.9 Å². The number of nitrogens with zero attached hydrogens (tertiary/aromatic N) is 4. The highest BCUT2D eigenvalue weighted by atomic mass is 16.2. The van der Waals surface area contributed by atoms with Gasteiger partial charge in [-0.15, -0.1) is 0 Å². The average Bonchev–Trinajstić information content (AvgIpc) is 3.25. The van der Waals surface area contributed by atoms with Crippen LogP contribution in [-0.2, 0) is 11.2 Å². The summed E-state index contributed by atoms with van der Waals surface area (Å²) in [5.74, 6) is 0.235. The minimum atomic E-state index is 0.235. The quantitative estimate of drug-likeness (QED) is 0.869. The zero-order valence-corrected chi connectivity index (χ0v) is 14.6. The number of hydrogen-bond acceptors (Lipinski definition) is 3. The van der Waals surface area contributed by atoms with Crippen molar-refractivity contribution >= 4 is 11.6 Å². The molecule has 1 amide bonds. The molecule has 128 valence electrons. The molecule has 0 spiro atoms. The molecule has 2 atom stereocenters. The molecule has 0 unspecified atom stereocenters. The first-order valence-electron chi connectivity index (χ1n) is 9.06. The number of rotatable bonds is 3. The van der Waals surface area contributed by atoms with E-state index >= 15 is 0 Å². The molecule has 5 heteroatoms. The summed E-state index contributed by atoms with van der Waals surface area (Å²) in [7, 11) is 2.20. The molecule has 0 radical (unpaired) electrons. The number of hydrogen-bond donors (Lipinski definition) is 0. The van der Waals surface area contributed by atoms with Gasteiger partial charge in [0.1, 0.15) is 5.65 Å². The zero-order chi connectivity index (χ0) is 16.7. The molecule has 2 saturated heterocycles. The van der Waals surface area contributed by atoms with Gasteiger partial charge >= 0.3 is 0 Å². The van der Waals surface area contributed by atoms with Crippen molar-refractivity contribution < 1.29 is 4.79 Å². The number of amides is 1. The van der Waals surface area contributed by atoms with E-state index in [0.717, 1.165) is 42.8 Å². The minimum absolute atomic E-state index is 0.235.